The smallest absolute Gasteiger partial charge is 0.358 e. The van der Waals surface area contributed by atoms with E-state index in [9.17, 15) is 14.4 Å². The largest absolute Gasteiger partial charge is 0.451 e. The lowest BCUT2D eigenvalue weighted by Crippen LogP contribution is -2.22. The monoisotopic (exact) mass is 393 g/mol. The Kier molecular flexibility index (Phi) is 5.22. The minimum atomic E-state index is -0.686. The molecule has 3 aromatic rings. The molecule has 0 bridgehead atoms. The van der Waals surface area contributed by atoms with Crippen molar-refractivity contribution in [3.05, 3.63) is 44.9 Å². The van der Waals surface area contributed by atoms with Crippen LogP contribution in [0.2, 0.25) is 0 Å². The molecular weight excluding hydrogens is 382 g/mol. The van der Waals surface area contributed by atoms with Crippen LogP contribution >= 0.6 is 34.0 Å². The Hall–Kier alpha value is -2.56. The Morgan fingerprint density at radius 1 is 1.16 bits per heavy atom. The van der Waals surface area contributed by atoms with E-state index in [2.05, 4.69) is 10.3 Å². The minimum Gasteiger partial charge on any atom is -0.451 e. The number of carbonyl (C=O) groups excluding carboxylic acids is 3. The summed E-state index contributed by atoms with van der Waals surface area (Å²) < 4.78 is 4.95. The average molecular weight is 393 g/mol. The summed E-state index contributed by atoms with van der Waals surface area (Å²) in [5.41, 5.74) is 6.49. The molecule has 0 radical (unpaired) electrons. The molecule has 7 nitrogen and oxygen atoms in total. The van der Waals surface area contributed by atoms with Crippen LogP contribution in [0.15, 0.2) is 33.7 Å². The van der Waals surface area contributed by atoms with Gasteiger partial charge in [-0.2, -0.15) is 11.3 Å². The first kappa shape index (κ1) is 17.3. The number of thiophene rings is 2. The lowest BCUT2D eigenvalue weighted by Gasteiger charge is -2.05. The fourth-order valence-electron chi connectivity index (χ4n) is 1.85. The van der Waals surface area contributed by atoms with E-state index in [-0.39, 0.29) is 11.3 Å². The number of anilines is 1. The van der Waals surface area contributed by atoms with Crippen molar-refractivity contribution in [2.45, 2.75) is 0 Å². The van der Waals surface area contributed by atoms with Crippen molar-refractivity contribution in [2.24, 2.45) is 5.73 Å². The lowest BCUT2D eigenvalue weighted by atomic mass is 10.3. The molecule has 0 aromatic carbocycles. The Bertz CT molecular complexity index is 914. The van der Waals surface area contributed by atoms with Crippen LogP contribution in [0.4, 0.5) is 5.00 Å². The van der Waals surface area contributed by atoms with Crippen LogP contribution in [-0.4, -0.2) is 29.4 Å². The number of nitrogens with one attached hydrogen (secondary N) is 1. The Balaban J connectivity index is 1.56. The van der Waals surface area contributed by atoms with E-state index in [1.807, 2.05) is 16.8 Å². The highest BCUT2D eigenvalue weighted by Gasteiger charge is 2.17. The summed E-state index contributed by atoms with van der Waals surface area (Å²) in [5.74, 6) is -1.89. The lowest BCUT2D eigenvalue weighted by molar-refractivity contribution is -0.119. The van der Waals surface area contributed by atoms with E-state index in [0.717, 1.165) is 16.9 Å². The van der Waals surface area contributed by atoms with E-state index >= 15 is 0 Å². The van der Waals surface area contributed by atoms with E-state index in [4.69, 9.17) is 10.5 Å². The zero-order valence-corrected chi connectivity index (χ0v) is 15.0. The third-order valence-corrected chi connectivity index (χ3v) is 5.40. The maximum Gasteiger partial charge on any atom is 0.358 e. The van der Waals surface area contributed by atoms with Gasteiger partial charge in [0.2, 0.25) is 0 Å². The van der Waals surface area contributed by atoms with Gasteiger partial charge in [0.05, 0.1) is 5.56 Å². The molecule has 0 saturated heterocycles. The molecule has 2 amide bonds. The number of rotatable bonds is 6. The molecule has 3 rings (SSSR count). The summed E-state index contributed by atoms with van der Waals surface area (Å²) in [7, 11) is 0. The quantitative estimate of drug-likeness (QED) is 0.626. The topological polar surface area (TPSA) is 111 Å². The molecule has 0 unspecified atom stereocenters. The number of amides is 2. The van der Waals surface area contributed by atoms with Crippen molar-refractivity contribution in [3.8, 4) is 10.6 Å². The van der Waals surface area contributed by atoms with Crippen LogP contribution in [0.3, 0.4) is 0 Å². The van der Waals surface area contributed by atoms with Gasteiger partial charge in [-0.15, -0.1) is 22.7 Å². The second-order valence-corrected chi connectivity index (χ2v) is 7.26. The number of esters is 1. The van der Waals surface area contributed by atoms with Gasteiger partial charge in [0, 0.05) is 16.3 Å². The maximum atomic E-state index is 12.0. The number of nitrogens with zero attached hydrogens (tertiary/aromatic N) is 1. The molecule has 0 fully saturated rings. The normalized spacial score (nSPS) is 10.4. The maximum absolute atomic E-state index is 12.0. The molecule has 0 aliphatic rings. The number of hydrogen-bond donors (Lipinski definition) is 2. The SMILES string of the molecule is NC(=O)c1ccsc1NC(=O)COC(=O)c1csc(-c2ccsc2)n1. The highest BCUT2D eigenvalue weighted by atomic mass is 32.1. The summed E-state index contributed by atoms with van der Waals surface area (Å²) in [5, 5.41) is 10.6. The number of nitrogens with two attached hydrogens (primary N) is 1. The summed E-state index contributed by atoms with van der Waals surface area (Å²) in [6.45, 7) is -0.486. The Morgan fingerprint density at radius 3 is 2.72 bits per heavy atom. The van der Waals surface area contributed by atoms with E-state index in [0.29, 0.717) is 10.0 Å². The minimum absolute atomic E-state index is 0.146. The molecule has 3 heterocycles. The summed E-state index contributed by atoms with van der Waals surface area (Å²) in [6.07, 6.45) is 0. The number of ether oxygens (including phenoxy) is 1. The van der Waals surface area contributed by atoms with Crippen LogP contribution in [0.25, 0.3) is 10.6 Å². The number of primary amides is 1. The van der Waals surface area contributed by atoms with Gasteiger partial charge in [0.25, 0.3) is 11.8 Å². The third-order valence-electron chi connectivity index (χ3n) is 3.00. The van der Waals surface area contributed by atoms with Gasteiger partial charge in [-0.3, -0.25) is 9.59 Å². The zero-order chi connectivity index (χ0) is 17.8. The Morgan fingerprint density at radius 2 is 2.00 bits per heavy atom. The molecule has 3 N–H and O–H groups in total. The van der Waals surface area contributed by atoms with Crippen LogP contribution < -0.4 is 11.1 Å². The first-order valence-electron chi connectivity index (χ1n) is 6.87. The van der Waals surface area contributed by atoms with Crippen molar-refractivity contribution in [1.82, 2.24) is 4.98 Å². The number of carbonyl (C=O) groups is 3. The van der Waals surface area contributed by atoms with Gasteiger partial charge >= 0.3 is 5.97 Å². The molecule has 0 aliphatic carbocycles. The standard InChI is InChI=1S/C15H11N3O4S3/c16-12(20)9-2-4-24-14(9)18-11(19)5-22-15(21)10-7-25-13(17-10)8-1-3-23-6-8/h1-4,6-7H,5H2,(H2,16,20)(H,18,19). The van der Waals surface area contributed by atoms with Crippen LogP contribution in [0, 0.1) is 0 Å². The van der Waals surface area contributed by atoms with Crippen LogP contribution in [0.5, 0.6) is 0 Å². The number of thiazole rings is 1. The van der Waals surface area contributed by atoms with Crippen molar-refractivity contribution in [2.75, 3.05) is 11.9 Å². The van der Waals surface area contributed by atoms with Crippen molar-refractivity contribution < 1.29 is 19.1 Å². The van der Waals surface area contributed by atoms with E-state index in [1.54, 1.807) is 10.8 Å². The fraction of sp³-hybridized carbons (Fsp3) is 0.0667. The summed E-state index contributed by atoms with van der Waals surface area (Å²) in [4.78, 5) is 39.2. The van der Waals surface area contributed by atoms with Crippen LogP contribution in [-0.2, 0) is 9.53 Å². The average Bonchev–Trinajstić information content (AvgIpc) is 3.31. The highest BCUT2D eigenvalue weighted by Crippen LogP contribution is 2.26. The third kappa shape index (κ3) is 4.10. The molecule has 0 atom stereocenters. The van der Waals surface area contributed by atoms with Crippen LogP contribution in [0.1, 0.15) is 20.8 Å². The predicted octanol–water partition coefficient (Wildman–Crippen LogP) is 2.83. The summed E-state index contributed by atoms with van der Waals surface area (Å²) >= 11 is 4.02. The van der Waals surface area contributed by atoms with Gasteiger partial charge in [-0.05, 0) is 22.9 Å². The van der Waals surface area contributed by atoms with E-state index < -0.39 is 24.4 Å². The molecule has 0 saturated carbocycles. The van der Waals surface area contributed by atoms with Gasteiger partial charge in [-0.25, -0.2) is 9.78 Å². The predicted molar refractivity (Wildman–Crippen MR) is 97.2 cm³/mol. The molecule has 0 aliphatic heterocycles. The summed E-state index contributed by atoms with van der Waals surface area (Å²) in [6, 6.07) is 3.42. The van der Waals surface area contributed by atoms with Crippen molar-refractivity contribution in [3.63, 3.8) is 0 Å². The number of aromatic nitrogens is 1. The van der Waals surface area contributed by atoms with Crippen molar-refractivity contribution >= 4 is 56.8 Å². The van der Waals surface area contributed by atoms with Gasteiger partial charge < -0.3 is 15.8 Å². The first-order chi connectivity index (χ1) is 12.0. The second-order valence-electron chi connectivity index (χ2n) is 4.70. The zero-order valence-electron chi connectivity index (χ0n) is 12.6. The molecule has 25 heavy (non-hydrogen) atoms. The van der Waals surface area contributed by atoms with Gasteiger partial charge in [0.15, 0.2) is 12.3 Å². The fourth-order valence-corrected chi connectivity index (χ4v) is 4.16. The number of hydrogen-bond acceptors (Lipinski definition) is 8. The Labute approximate surface area is 154 Å². The molecule has 128 valence electrons. The van der Waals surface area contributed by atoms with Gasteiger partial charge in [0.1, 0.15) is 10.0 Å². The highest BCUT2D eigenvalue weighted by molar-refractivity contribution is 7.15. The van der Waals surface area contributed by atoms with Crippen molar-refractivity contribution in [1.29, 1.82) is 0 Å². The van der Waals surface area contributed by atoms with Gasteiger partial charge in [-0.1, -0.05) is 0 Å². The van der Waals surface area contributed by atoms with E-state index in [1.165, 1.54) is 28.7 Å². The molecule has 3 aromatic heterocycles. The first-order valence-corrected chi connectivity index (χ1v) is 9.57. The second kappa shape index (κ2) is 7.55. The molecular formula is C15H11N3O4S3. The molecule has 10 heteroatoms. The molecule has 0 spiro atoms.